The molecule has 0 aliphatic rings. The monoisotopic (exact) mass is 309 g/mol. The number of benzene rings is 1. The Kier molecular flexibility index (Phi) is 6.68. The second kappa shape index (κ2) is 8.50. The number of methoxy groups -OCH3 is 2. The van der Waals surface area contributed by atoms with Crippen molar-refractivity contribution >= 4 is 17.7 Å². The van der Waals surface area contributed by atoms with Crippen LogP contribution in [0.1, 0.15) is 23.7 Å². The number of ether oxygens (including phenoxy) is 2. The SMILES string of the molecule is CCC(=O)NNC(=O)CNC(=O)c1ccc(OC)cc1OC. The standard InChI is InChI=1S/C14H19N3O5/c1-4-12(18)16-17-13(19)8-15-14(20)10-6-5-9(21-2)7-11(10)22-3/h5-7H,4,8H2,1-3H3,(H,15,20)(H,16,18)(H,17,19). The fraction of sp³-hybridized carbons (Fsp3) is 0.357. The highest BCUT2D eigenvalue weighted by atomic mass is 16.5. The van der Waals surface area contributed by atoms with Gasteiger partial charge in [0.05, 0.1) is 26.3 Å². The van der Waals surface area contributed by atoms with Crippen LogP contribution in [-0.2, 0) is 9.59 Å². The van der Waals surface area contributed by atoms with Crippen molar-refractivity contribution in [2.24, 2.45) is 0 Å². The van der Waals surface area contributed by atoms with Gasteiger partial charge in [-0.05, 0) is 12.1 Å². The minimum Gasteiger partial charge on any atom is -0.497 e. The Morgan fingerprint density at radius 1 is 1.05 bits per heavy atom. The van der Waals surface area contributed by atoms with Gasteiger partial charge in [0, 0.05) is 12.5 Å². The highest BCUT2D eigenvalue weighted by Crippen LogP contribution is 2.24. The van der Waals surface area contributed by atoms with Crippen LogP contribution in [0.25, 0.3) is 0 Å². The first kappa shape index (κ1) is 17.3. The number of hydrazine groups is 1. The number of amides is 3. The topological polar surface area (TPSA) is 106 Å². The van der Waals surface area contributed by atoms with Crippen LogP contribution in [0.3, 0.4) is 0 Å². The van der Waals surface area contributed by atoms with Gasteiger partial charge in [0.1, 0.15) is 11.5 Å². The molecule has 3 amide bonds. The van der Waals surface area contributed by atoms with Crippen molar-refractivity contribution in [1.82, 2.24) is 16.2 Å². The van der Waals surface area contributed by atoms with Crippen molar-refractivity contribution in [3.05, 3.63) is 23.8 Å². The van der Waals surface area contributed by atoms with Crippen LogP contribution in [-0.4, -0.2) is 38.5 Å². The zero-order valence-corrected chi connectivity index (χ0v) is 12.7. The fourth-order valence-corrected chi connectivity index (χ4v) is 1.51. The summed E-state index contributed by atoms with van der Waals surface area (Å²) in [7, 11) is 2.93. The molecular weight excluding hydrogens is 290 g/mol. The lowest BCUT2D eigenvalue weighted by atomic mass is 10.1. The van der Waals surface area contributed by atoms with Crippen LogP contribution in [0.2, 0.25) is 0 Å². The first-order chi connectivity index (χ1) is 10.5. The minimum absolute atomic E-state index is 0.246. The van der Waals surface area contributed by atoms with E-state index >= 15 is 0 Å². The lowest BCUT2D eigenvalue weighted by Gasteiger charge is -2.11. The predicted molar refractivity (Wildman–Crippen MR) is 78.5 cm³/mol. The zero-order valence-electron chi connectivity index (χ0n) is 12.7. The summed E-state index contributed by atoms with van der Waals surface area (Å²) < 4.78 is 10.1. The molecule has 1 aromatic rings. The molecule has 0 aliphatic carbocycles. The van der Waals surface area contributed by atoms with Crippen LogP contribution in [0.4, 0.5) is 0 Å². The average Bonchev–Trinajstić information content (AvgIpc) is 2.56. The summed E-state index contributed by atoms with van der Waals surface area (Å²) in [4.78, 5) is 34.5. The number of carbonyl (C=O) groups excluding carboxylic acids is 3. The number of hydrogen-bond acceptors (Lipinski definition) is 5. The molecular formula is C14H19N3O5. The van der Waals surface area contributed by atoms with E-state index in [9.17, 15) is 14.4 Å². The summed E-state index contributed by atoms with van der Waals surface area (Å²) >= 11 is 0. The van der Waals surface area contributed by atoms with Gasteiger partial charge in [-0.2, -0.15) is 0 Å². The van der Waals surface area contributed by atoms with Crippen LogP contribution in [0.5, 0.6) is 11.5 Å². The largest absolute Gasteiger partial charge is 0.497 e. The molecule has 0 radical (unpaired) electrons. The summed E-state index contributed by atoms with van der Waals surface area (Å²) in [6.45, 7) is 1.37. The number of carbonyl (C=O) groups is 3. The van der Waals surface area contributed by atoms with Crippen LogP contribution < -0.4 is 25.6 Å². The molecule has 0 saturated heterocycles. The molecule has 0 heterocycles. The van der Waals surface area contributed by atoms with Crippen LogP contribution >= 0.6 is 0 Å². The van der Waals surface area contributed by atoms with E-state index in [-0.39, 0.29) is 24.4 Å². The van der Waals surface area contributed by atoms with E-state index in [2.05, 4.69) is 16.2 Å². The first-order valence-electron chi connectivity index (χ1n) is 6.59. The van der Waals surface area contributed by atoms with E-state index in [0.29, 0.717) is 11.5 Å². The molecule has 8 nitrogen and oxygen atoms in total. The highest BCUT2D eigenvalue weighted by molar-refractivity contribution is 5.99. The van der Waals surface area contributed by atoms with Crippen LogP contribution in [0, 0.1) is 0 Å². The summed E-state index contributed by atoms with van der Waals surface area (Å²) in [6.07, 6.45) is 0.246. The fourth-order valence-electron chi connectivity index (χ4n) is 1.51. The maximum Gasteiger partial charge on any atom is 0.257 e. The van der Waals surface area contributed by atoms with Gasteiger partial charge in [0.2, 0.25) is 5.91 Å². The lowest BCUT2D eigenvalue weighted by Crippen LogP contribution is -2.46. The summed E-state index contributed by atoms with van der Waals surface area (Å²) in [5.41, 5.74) is 4.66. The molecule has 0 atom stereocenters. The smallest absolute Gasteiger partial charge is 0.257 e. The second-order valence-electron chi connectivity index (χ2n) is 4.20. The normalized spacial score (nSPS) is 9.59. The number of rotatable bonds is 6. The van der Waals surface area contributed by atoms with Gasteiger partial charge in [-0.15, -0.1) is 0 Å². The lowest BCUT2D eigenvalue weighted by molar-refractivity contribution is -0.128. The van der Waals surface area contributed by atoms with Gasteiger partial charge in [-0.1, -0.05) is 6.92 Å². The van der Waals surface area contributed by atoms with E-state index in [4.69, 9.17) is 9.47 Å². The molecule has 8 heteroatoms. The molecule has 0 spiro atoms. The molecule has 0 fully saturated rings. The van der Waals surface area contributed by atoms with Crippen molar-refractivity contribution < 1.29 is 23.9 Å². The highest BCUT2D eigenvalue weighted by Gasteiger charge is 2.14. The molecule has 120 valence electrons. The molecule has 1 rings (SSSR count). The van der Waals surface area contributed by atoms with Crippen molar-refractivity contribution in [2.45, 2.75) is 13.3 Å². The zero-order chi connectivity index (χ0) is 16.5. The van der Waals surface area contributed by atoms with Gasteiger partial charge >= 0.3 is 0 Å². The Morgan fingerprint density at radius 2 is 1.73 bits per heavy atom. The van der Waals surface area contributed by atoms with Gasteiger partial charge in [0.25, 0.3) is 11.8 Å². The third-order valence-corrected chi connectivity index (χ3v) is 2.73. The Labute approximate surface area is 128 Å². The number of nitrogens with one attached hydrogen (secondary N) is 3. The maximum atomic E-state index is 12.0. The van der Waals surface area contributed by atoms with E-state index in [1.54, 1.807) is 19.1 Å². The molecule has 0 unspecified atom stereocenters. The van der Waals surface area contributed by atoms with Gasteiger partial charge in [-0.3, -0.25) is 25.2 Å². The second-order valence-corrected chi connectivity index (χ2v) is 4.20. The molecule has 0 aliphatic heterocycles. The summed E-state index contributed by atoms with van der Waals surface area (Å²) in [6, 6.07) is 4.71. The van der Waals surface area contributed by atoms with E-state index in [0.717, 1.165) is 0 Å². The van der Waals surface area contributed by atoms with Crippen molar-refractivity contribution in [1.29, 1.82) is 0 Å². The maximum absolute atomic E-state index is 12.0. The van der Waals surface area contributed by atoms with Crippen molar-refractivity contribution in [2.75, 3.05) is 20.8 Å². The quantitative estimate of drug-likeness (QED) is 0.641. The molecule has 1 aromatic carbocycles. The predicted octanol–water partition coefficient (Wildman–Crippen LogP) is -0.00900. The molecule has 0 saturated carbocycles. The Morgan fingerprint density at radius 3 is 2.32 bits per heavy atom. The van der Waals surface area contributed by atoms with Gasteiger partial charge < -0.3 is 14.8 Å². The van der Waals surface area contributed by atoms with Crippen molar-refractivity contribution in [3.8, 4) is 11.5 Å². The van der Waals surface area contributed by atoms with E-state index < -0.39 is 11.8 Å². The van der Waals surface area contributed by atoms with Crippen LogP contribution in [0.15, 0.2) is 18.2 Å². The third-order valence-electron chi connectivity index (χ3n) is 2.73. The van der Waals surface area contributed by atoms with Gasteiger partial charge in [-0.25, -0.2) is 0 Å². The average molecular weight is 309 g/mol. The molecule has 3 N–H and O–H groups in total. The molecule has 0 aromatic heterocycles. The molecule has 22 heavy (non-hydrogen) atoms. The summed E-state index contributed by atoms with van der Waals surface area (Å²) in [5, 5.41) is 2.43. The third kappa shape index (κ3) is 4.97. The number of hydrogen-bond donors (Lipinski definition) is 3. The first-order valence-corrected chi connectivity index (χ1v) is 6.59. The summed E-state index contributed by atoms with van der Waals surface area (Å²) in [5.74, 6) is -0.458. The van der Waals surface area contributed by atoms with E-state index in [1.807, 2.05) is 0 Å². The Balaban J connectivity index is 2.58. The van der Waals surface area contributed by atoms with E-state index in [1.165, 1.54) is 20.3 Å². The Hall–Kier alpha value is -2.77. The van der Waals surface area contributed by atoms with Crippen molar-refractivity contribution in [3.63, 3.8) is 0 Å². The van der Waals surface area contributed by atoms with Gasteiger partial charge in [0.15, 0.2) is 0 Å². The Bertz CT molecular complexity index is 559. The minimum atomic E-state index is -0.539. The molecule has 0 bridgehead atoms.